The first-order valence-corrected chi connectivity index (χ1v) is 8.55. The molecule has 2 saturated carbocycles. The SMILES string of the molecule is COC(=O)C1C2CCC(C2)C1NC(=O)c1ccc(-c2cnco2)cc1. The lowest BCUT2D eigenvalue weighted by molar-refractivity contribution is -0.148. The van der Waals surface area contributed by atoms with Gasteiger partial charge in [0.05, 0.1) is 19.2 Å². The summed E-state index contributed by atoms with van der Waals surface area (Å²) in [5.74, 6) is 0.767. The highest BCUT2D eigenvalue weighted by molar-refractivity contribution is 5.95. The molecule has 2 aliphatic rings. The van der Waals surface area contributed by atoms with E-state index in [1.165, 1.54) is 13.5 Å². The van der Waals surface area contributed by atoms with E-state index in [0.717, 1.165) is 24.8 Å². The van der Waals surface area contributed by atoms with Crippen molar-refractivity contribution in [2.75, 3.05) is 7.11 Å². The van der Waals surface area contributed by atoms with Crippen LogP contribution in [0.2, 0.25) is 0 Å². The normalized spacial score (nSPS) is 27.2. The minimum atomic E-state index is -0.221. The Balaban J connectivity index is 1.49. The number of nitrogens with one attached hydrogen (secondary N) is 1. The number of benzene rings is 1. The van der Waals surface area contributed by atoms with Crippen LogP contribution in [0.25, 0.3) is 11.3 Å². The summed E-state index contributed by atoms with van der Waals surface area (Å²) in [7, 11) is 1.41. The van der Waals surface area contributed by atoms with Gasteiger partial charge in [-0.3, -0.25) is 9.59 Å². The first-order valence-electron chi connectivity index (χ1n) is 8.55. The molecule has 4 atom stereocenters. The highest BCUT2D eigenvalue weighted by atomic mass is 16.5. The second-order valence-corrected chi connectivity index (χ2v) is 6.82. The van der Waals surface area contributed by atoms with Crippen molar-refractivity contribution in [3.05, 3.63) is 42.4 Å². The Morgan fingerprint density at radius 2 is 1.96 bits per heavy atom. The highest BCUT2D eigenvalue weighted by Gasteiger charge is 2.52. The van der Waals surface area contributed by atoms with Gasteiger partial charge in [-0.05, 0) is 43.2 Å². The predicted molar refractivity (Wildman–Crippen MR) is 89.5 cm³/mol. The van der Waals surface area contributed by atoms with E-state index in [9.17, 15) is 9.59 Å². The van der Waals surface area contributed by atoms with Gasteiger partial charge < -0.3 is 14.5 Å². The number of methoxy groups -OCH3 is 1. The maximum Gasteiger partial charge on any atom is 0.311 e. The van der Waals surface area contributed by atoms with Gasteiger partial charge in [0.1, 0.15) is 0 Å². The number of aromatic nitrogens is 1. The highest BCUT2D eigenvalue weighted by Crippen LogP contribution is 2.49. The van der Waals surface area contributed by atoms with Crippen LogP contribution < -0.4 is 5.32 Å². The van der Waals surface area contributed by atoms with E-state index in [1.807, 2.05) is 12.1 Å². The predicted octanol–water partition coefficient (Wildman–Crippen LogP) is 2.66. The summed E-state index contributed by atoms with van der Waals surface area (Å²) in [4.78, 5) is 28.6. The summed E-state index contributed by atoms with van der Waals surface area (Å²) < 4.78 is 10.2. The molecule has 130 valence electrons. The summed E-state index contributed by atoms with van der Waals surface area (Å²) in [5.41, 5.74) is 1.43. The van der Waals surface area contributed by atoms with Crippen molar-refractivity contribution in [3.8, 4) is 11.3 Å². The van der Waals surface area contributed by atoms with Crippen molar-refractivity contribution in [3.63, 3.8) is 0 Å². The number of fused-ring (bicyclic) bond motifs is 2. The number of carbonyl (C=O) groups excluding carboxylic acids is 2. The smallest absolute Gasteiger partial charge is 0.311 e. The van der Waals surface area contributed by atoms with Crippen LogP contribution in [-0.4, -0.2) is 30.0 Å². The molecule has 1 aromatic heterocycles. The van der Waals surface area contributed by atoms with Gasteiger partial charge in [0.25, 0.3) is 5.91 Å². The Bertz CT molecular complexity index is 769. The third-order valence-electron chi connectivity index (χ3n) is 5.55. The third kappa shape index (κ3) is 2.81. The third-order valence-corrected chi connectivity index (χ3v) is 5.55. The van der Waals surface area contributed by atoms with Gasteiger partial charge >= 0.3 is 5.97 Å². The van der Waals surface area contributed by atoms with Crippen molar-refractivity contribution in [1.29, 1.82) is 0 Å². The van der Waals surface area contributed by atoms with E-state index in [-0.39, 0.29) is 23.8 Å². The van der Waals surface area contributed by atoms with Crippen LogP contribution in [0.15, 0.2) is 41.3 Å². The Labute approximate surface area is 145 Å². The van der Waals surface area contributed by atoms with Crippen molar-refractivity contribution in [2.24, 2.45) is 17.8 Å². The number of carbonyl (C=O) groups is 2. The molecule has 4 unspecified atom stereocenters. The molecule has 1 aromatic carbocycles. The van der Waals surface area contributed by atoms with Crippen molar-refractivity contribution < 1.29 is 18.7 Å². The maximum absolute atomic E-state index is 12.6. The summed E-state index contributed by atoms with van der Waals surface area (Å²) in [6, 6.07) is 7.04. The molecular weight excluding hydrogens is 320 g/mol. The minimum Gasteiger partial charge on any atom is -0.469 e. The maximum atomic E-state index is 12.6. The van der Waals surface area contributed by atoms with E-state index in [1.54, 1.807) is 18.3 Å². The number of amides is 1. The van der Waals surface area contributed by atoms with E-state index in [0.29, 0.717) is 23.2 Å². The van der Waals surface area contributed by atoms with E-state index in [2.05, 4.69) is 10.3 Å². The fourth-order valence-corrected chi connectivity index (χ4v) is 4.35. The monoisotopic (exact) mass is 340 g/mol. The zero-order chi connectivity index (χ0) is 17.4. The molecule has 0 radical (unpaired) electrons. The average molecular weight is 340 g/mol. The zero-order valence-corrected chi connectivity index (χ0v) is 14.0. The van der Waals surface area contributed by atoms with Crippen LogP contribution >= 0.6 is 0 Å². The van der Waals surface area contributed by atoms with E-state index < -0.39 is 0 Å². The van der Waals surface area contributed by atoms with Crippen LogP contribution in [0.4, 0.5) is 0 Å². The molecule has 0 spiro atoms. The fourth-order valence-electron chi connectivity index (χ4n) is 4.35. The van der Waals surface area contributed by atoms with Gasteiger partial charge in [-0.25, -0.2) is 4.98 Å². The lowest BCUT2D eigenvalue weighted by Crippen LogP contribution is -2.47. The van der Waals surface area contributed by atoms with Crippen LogP contribution in [0.3, 0.4) is 0 Å². The minimum absolute atomic E-state index is 0.132. The summed E-state index contributed by atoms with van der Waals surface area (Å²) in [5, 5.41) is 3.07. The van der Waals surface area contributed by atoms with Gasteiger partial charge in [-0.1, -0.05) is 12.1 Å². The molecule has 2 aliphatic carbocycles. The Kier molecular flexibility index (Phi) is 4.03. The lowest BCUT2D eigenvalue weighted by Gasteiger charge is -2.29. The molecule has 1 amide bonds. The molecule has 2 bridgehead atoms. The topological polar surface area (TPSA) is 81.4 Å². The summed E-state index contributed by atoms with van der Waals surface area (Å²) >= 11 is 0. The van der Waals surface area contributed by atoms with Crippen molar-refractivity contribution >= 4 is 11.9 Å². The second kappa shape index (κ2) is 6.35. The first-order chi connectivity index (χ1) is 12.2. The summed E-state index contributed by atoms with van der Waals surface area (Å²) in [6.45, 7) is 0. The van der Waals surface area contributed by atoms with E-state index >= 15 is 0 Å². The number of esters is 1. The number of hydrogen-bond acceptors (Lipinski definition) is 5. The number of ether oxygens (including phenoxy) is 1. The van der Waals surface area contributed by atoms with Gasteiger partial charge in [0.2, 0.25) is 0 Å². The molecule has 2 fully saturated rings. The van der Waals surface area contributed by atoms with Crippen LogP contribution in [0.5, 0.6) is 0 Å². The molecule has 0 saturated heterocycles. The van der Waals surface area contributed by atoms with Gasteiger partial charge in [-0.2, -0.15) is 0 Å². The molecule has 6 heteroatoms. The lowest BCUT2D eigenvalue weighted by atomic mass is 9.84. The zero-order valence-electron chi connectivity index (χ0n) is 14.0. The molecule has 1 N–H and O–H groups in total. The van der Waals surface area contributed by atoms with Crippen molar-refractivity contribution in [1.82, 2.24) is 10.3 Å². The van der Waals surface area contributed by atoms with Crippen LogP contribution in [-0.2, 0) is 9.53 Å². The van der Waals surface area contributed by atoms with Crippen LogP contribution in [0, 0.1) is 17.8 Å². The quantitative estimate of drug-likeness (QED) is 0.866. The number of oxazole rings is 1. The second-order valence-electron chi connectivity index (χ2n) is 6.82. The Hall–Kier alpha value is -2.63. The average Bonchev–Trinajstić information content (AvgIpc) is 3.38. The van der Waals surface area contributed by atoms with Crippen molar-refractivity contribution in [2.45, 2.75) is 25.3 Å². The summed E-state index contributed by atoms with van der Waals surface area (Å²) in [6.07, 6.45) is 6.11. The molecule has 25 heavy (non-hydrogen) atoms. The molecule has 4 rings (SSSR count). The molecular formula is C19H20N2O4. The standard InChI is InChI=1S/C19H20N2O4/c1-24-19(23)16-13-6-7-14(8-13)17(16)21-18(22)12-4-2-11(3-5-12)15-9-20-10-25-15/h2-5,9-10,13-14,16-17H,6-8H2,1H3,(H,21,22). The van der Waals surface area contributed by atoms with Gasteiger partial charge in [0, 0.05) is 17.2 Å². The molecule has 0 aliphatic heterocycles. The number of rotatable bonds is 4. The molecule has 2 aromatic rings. The Morgan fingerprint density at radius 3 is 2.64 bits per heavy atom. The van der Waals surface area contributed by atoms with Gasteiger partial charge in [0.15, 0.2) is 12.2 Å². The number of hydrogen-bond donors (Lipinski definition) is 1. The fraction of sp³-hybridized carbons (Fsp3) is 0.421. The van der Waals surface area contributed by atoms with E-state index in [4.69, 9.17) is 9.15 Å². The largest absolute Gasteiger partial charge is 0.469 e. The number of nitrogens with zero attached hydrogens (tertiary/aromatic N) is 1. The van der Waals surface area contributed by atoms with Gasteiger partial charge in [-0.15, -0.1) is 0 Å². The molecule has 1 heterocycles. The Morgan fingerprint density at radius 1 is 1.20 bits per heavy atom. The van der Waals surface area contributed by atoms with Crippen LogP contribution in [0.1, 0.15) is 29.6 Å². The molecule has 6 nitrogen and oxygen atoms in total. The first kappa shape index (κ1) is 15.9.